The molecule has 0 aromatic carbocycles. The van der Waals surface area contributed by atoms with Crippen LogP contribution in [0.2, 0.25) is 0 Å². The number of fused-ring (bicyclic) bond motifs is 6. The molecule has 1 aliphatic heterocycles. The van der Waals surface area contributed by atoms with Gasteiger partial charge in [-0.25, -0.2) is 0 Å². The molecule has 0 aromatic heterocycles. The van der Waals surface area contributed by atoms with E-state index in [0.29, 0.717) is 5.92 Å². The van der Waals surface area contributed by atoms with Crippen molar-refractivity contribution in [2.24, 2.45) is 11.3 Å². The molecule has 26 heavy (non-hydrogen) atoms. The normalized spacial score (nSPS) is 30.5. The van der Waals surface area contributed by atoms with Gasteiger partial charge in [-0.3, -0.25) is 0 Å². The molecule has 5 aliphatic carbocycles. The number of hydrogen-bond acceptors (Lipinski definition) is 1. The molecule has 0 radical (unpaired) electrons. The second-order valence-electron chi connectivity index (χ2n) is 8.15. The summed E-state index contributed by atoms with van der Waals surface area (Å²) in [7, 11) is 0. The first kappa shape index (κ1) is 15.3. The van der Waals surface area contributed by atoms with Crippen molar-refractivity contribution in [1.29, 1.82) is 0 Å². The van der Waals surface area contributed by atoms with Crippen LogP contribution in [0.4, 0.5) is 0 Å². The van der Waals surface area contributed by atoms with Gasteiger partial charge in [-0.1, -0.05) is 66.4 Å². The Morgan fingerprint density at radius 3 is 2.27 bits per heavy atom. The third-order valence-electron chi connectivity index (χ3n) is 7.02. The molecular weight excluding hydrogens is 332 g/mol. The van der Waals surface area contributed by atoms with E-state index in [1.807, 2.05) is 11.8 Å². The van der Waals surface area contributed by atoms with Gasteiger partial charge in [-0.2, -0.15) is 0 Å². The van der Waals surface area contributed by atoms with Crippen LogP contribution >= 0.6 is 11.8 Å². The van der Waals surface area contributed by atoms with Crippen molar-refractivity contribution in [1.82, 2.24) is 0 Å². The Hall–Kier alpha value is -1.73. The van der Waals surface area contributed by atoms with E-state index < -0.39 is 0 Å². The molecule has 1 unspecified atom stereocenters. The molecule has 130 valence electrons. The lowest BCUT2D eigenvalue weighted by Gasteiger charge is -2.50. The maximum atomic E-state index is 2.51. The van der Waals surface area contributed by atoms with E-state index in [-0.39, 0.29) is 5.41 Å². The largest absolute Gasteiger partial charge is 0.0942 e. The van der Waals surface area contributed by atoms with E-state index in [0.717, 1.165) is 0 Å². The monoisotopic (exact) mass is 356 g/mol. The fourth-order valence-electron chi connectivity index (χ4n) is 6.11. The van der Waals surface area contributed by atoms with Crippen LogP contribution in [0.5, 0.6) is 0 Å². The van der Waals surface area contributed by atoms with Gasteiger partial charge in [0, 0.05) is 10.8 Å². The van der Waals surface area contributed by atoms with Crippen LogP contribution in [0.3, 0.4) is 0 Å². The van der Waals surface area contributed by atoms with Crippen molar-refractivity contribution in [2.75, 3.05) is 0 Å². The molecule has 0 aromatic rings. The molecule has 1 heteroatoms. The van der Waals surface area contributed by atoms with Crippen molar-refractivity contribution in [3.8, 4) is 0 Å². The predicted molar refractivity (Wildman–Crippen MR) is 112 cm³/mol. The van der Waals surface area contributed by atoms with Gasteiger partial charge in [0.1, 0.15) is 0 Å². The molecule has 1 heterocycles. The number of hydrogen-bond donors (Lipinski definition) is 0. The molecule has 6 rings (SSSR count). The molecule has 6 aliphatic rings. The fourth-order valence-corrected chi connectivity index (χ4v) is 7.48. The summed E-state index contributed by atoms with van der Waals surface area (Å²) >= 11 is 2.05. The quantitative estimate of drug-likeness (QED) is 0.446. The van der Waals surface area contributed by atoms with Gasteiger partial charge in [-0.15, -0.1) is 0 Å². The Bertz CT molecular complexity index is 901. The highest BCUT2D eigenvalue weighted by molar-refractivity contribution is 8.07. The van der Waals surface area contributed by atoms with Gasteiger partial charge in [0.2, 0.25) is 0 Å². The van der Waals surface area contributed by atoms with E-state index in [2.05, 4.69) is 54.7 Å². The van der Waals surface area contributed by atoms with Crippen LogP contribution in [0.25, 0.3) is 0 Å². The molecule has 0 fully saturated rings. The van der Waals surface area contributed by atoms with E-state index in [9.17, 15) is 0 Å². The van der Waals surface area contributed by atoms with Crippen LogP contribution in [-0.4, -0.2) is 0 Å². The zero-order chi connectivity index (χ0) is 17.1. The van der Waals surface area contributed by atoms with Crippen LogP contribution in [-0.2, 0) is 0 Å². The standard InChI is InChI=1S/C25H24S/c1-3-11-19-17(9-1)18-10-2-4-12-20(18)25(19)21-13-5-7-15-23(21)26-24-16-8-6-14-22(24)25/h3-5,7-8,11-12,15-16,21H,1-2,6,9-10,13-14H2. The van der Waals surface area contributed by atoms with Gasteiger partial charge in [-0.05, 0) is 77.7 Å². The molecular formula is C25H24S. The van der Waals surface area contributed by atoms with Crippen molar-refractivity contribution in [3.63, 3.8) is 0 Å². The van der Waals surface area contributed by atoms with Crippen molar-refractivity contribution in [2.45, 2.75) is 44.9 Å². The first-order valence-corrected chi connectivity index (χ1v) is 11.0. The Morgan fingerprint density at radius 1 is 0.808 bits per heavy atom. The summed E-state index contributed by atoms with van der Waals surface area (Å²) in [5, 5.41) is 0. The summed E-state index contributed by atoms with van der Waals surface area (Å²) in [6.45, 7) is 0. The van der Waals surface area contributed by atoms with Crippen molar-refractivity contribution in [3.05, 3.63) is 92.4 Å². The van der Waals surface area contributed by atoms with Crippen LogP contribution in [0, 0.1) is 11.3 Å². The highest BCUT2D eigenvalue weighted by Crippen LogP contribution is 2.68. The predicted octanol–water partition coefficient (Wildman–Crippen LogP) is 7.09. The molecule has 0 saturated heterocycles. The zero-order valence-corrected chi connectivity index (χ0v) is 15.9. The molecule has 0 bridgehead atoms. The van der Waals surface area contributed by atoms with Gasteiger partial charge in [0.15, 0.2) is 0 Å². The minimum Gasteiger partial charge on any atom is -0.0942 e. The summed E-state index contributed by atoms with van der Waals surface area (Å²) in [4.78, 5) is 3.11. The average molecular weight is 357 g/mol. The Labute approximate surface area is 160 Å². The first-order valence-electron chi connectivity index (χ1n) is 10.2. The minimum absolute atomic E-state index is 0.112. The summed E-state index contributed by atoms with van der Waals surface area (Å²) < 4.78 is 0. The Morgan fingerprint density at radius 2 is 1.50 bits per heavy atom. The second kappa shape index (κ2) is 5.63. The highest BCUT2D eigenvalue weighted by Gasteiger charge is 2.56. The lowest BCUT2D eigenvalue weighted by Crippen LogP contribution is -2.39. The lowest BCUT2D eigenvalue weighted by molar-refractivity contribution is 0.368. The topological polar surface area (TPSA) is 0 Å². The van der Waals surface area contributed by atoms with Gasteiger partial charge >= 0.3 is 0 Å². The van der Waals surface area contributed by atoms with E-state index >= 15 is 0 Å². The van der Waals surface area contributed by atoms with E-state index in [1.165, 1.54) is 49.9 Å². The van der Waals surface area contributed by atoms with Crippen molar-refractivity contribution >= 4 is 11.8 Å². The maximum Gasteiger partial charge on any atom is 0.0507 e. The third kappa shape index (κ3) is 1.83. The Balaban J connectivity index is 1.71. The van der Waals surface area contributed by atoms with E-state index in [4.69, 9.17) is 0 Å². The van der Waals surface area contributed by atoms with Gasteiger partial charge < -0.3 is 0 Å². The van der Waals surface area contributed by atoms with Crippen molar-refractivity contribution < 1.29 is 0 Å². The summed E-state index contributed by atoms with van der Waals surface area (Å²) in [6, 6.07) is 0. The first-order chi connectivity index (χ1) is 12.9. The average Bonchev–Trinajstić information content (AvgIpc) is 3.00. The molecule has 1 atom stereocenters. The van der Waals surface area contributed by atoms with Crippen LogP contribution in [0.15, 0.2) is 92.4 Å². The maximum absolute atomic E-state index is 2.51. The summed E-state index contributed by atoms with van der Waals surface area (Å²) in [6.07, 6.45) is 30.3. The third-order valence-corrected chi connectivity index (χ3v) is 8.28. The zero-order valence-electron chi connectivity index (χ0n) is 15.1. The molecule has 0 nitrogen and oxygen atoms in total. The van der Waals surface area contributed by atoms with Gasteiger partial charge in [0.25, 0.3) is 0 Å². The fraction of sp³-hybridized carbons (Fsp3) is 0.360. The number of rotatable bonds is 0. The summed E-state index contributed by atoms with van der Waals surface area (Å²) in [5.41, 5.74) is 8.56. The molecule has 1 spiro atoms. The molecule has 0 N–H and O–H groups in total. The van der Waals surface area contributed by atoms with Crippen LogP contribution < -0.4 is 0 Å². The number of allylic oxidation sites excluding steroid dienone is 15. The van der Waals surface area contributed by atoms with E-state index in [1.54, 1.807) is 32.8 Å². The highest BCUT2D eigenvalue weighted by atomic mass is 32.2. The lowest BCUT2D eigenvalue weighted by atomic mass is 9.58. The second-order valence-corrected chi connectivity index (χ2v) is 9.26. The minimum atomic E-state index is 0.112. The summed E-state index contributed by atoms with van der Waals surface area (Å²) in [5.74, 6) is 0.589. The smallest absolute Gasteiger partial charge is 0.0507 e. The molecule has 0 saturated carbocycles. The molecule has 0 amide bonds. The SMILES string of the molecule is C1=CCC2C(=C1)SC1=C(CCC=C1)C21C2=C(CCC=C2)C2=C1C=CCC2. The Kier molecular flexibility index (Phi) is 3.32. The number of thioether (sulfide) groups is 1. The van der Waals surface area contributed by atoms with Crippen LogP contribution in [0.1, 0.15) is 44.9 Å². The van der Waals surface area contributed by atoms with Gasteiger partial charge in [0.05, 0.1) is 5.41 Å².